The van der Waals surface area contributed by atoms with E-state index in [1.807, 2.05) is 34.6 Å². The molecule has 1 amide bonds. The zero-order valence-electron chi connectivity index (χ0n) is 17.1. The van der Waals surface area contributed by atoms with Crippen LogP contribution in [-0.4, -0.2) is 30.1 Å². The largest absolute Gasteiger partial charge is 0.438 e. The van der Waals surface area contributed by atoms with E-state index in [-0.39, 0.29) is 17.5 Å². The van der Waals surface area contributed by atoms with Crippen molar-refractivity contribution in [1.29, 1.82) is 0 Å². The van der Waals surface area contributed by atoms with Crippen molar-refractivity contribution in [3.8, 4) is 11.6 Å². The van der Waals surface area contributed by atoms with Gasteiger partial charge in [0.1, 0.15) is 11.3 Å². The summed E-state index contributed by atoms with van der Waals surface area (Å²) in [5, 5.41) is 3.98. The lowest BCUT2D eigenvalue weighted by Gasteiger charge is -2.21. The lowest BCUT2D eigenvalue weighted by Crippen LogP contribution is -2.27. The molecule has 6 nitrogen and oxygen atoms in total. The first-order valence-corrected chi connectivity index (χ1v) is 9.74. The van der Waals surface area contributed by atoms with Crippen LogP contribution < -0.4 is 15.8 Å². The smallest absolute Gasteiger partial charge is 0.256 e. The Morgan fingerprint density at radius 2 is 1.86 bits per heavy atom. The van der Waals surface area contributed by atoms with Crippen LogP contribution in [0, 0.1) is 20.8 Å². The second-order valence-corrected chi connectivity index (χ2v) is 7.17. The number of hydrogen-bond acceptors (Lipinski definition) is 5. The number of aryl methyl sites for hydroxylation is 3. The molecule has 1 heterocycles. The third kappa shape index (κ3) is 5.36. The van der Waals surface area contributed by atoms with Crippen molar-refractivity contribution in [3.63, 3.8) is 0 Å². The molecule has 0 bridgehead atoms. The monoisotopic (exact) mass is 405 g/mol. The minimum atomic E-state index is -0.611. The number of benzene rings is 1. The van der Waals surface area contributed by atoms with Gasteiger partial charge in [-0.25, -0.2) is 4.98 Å². The maximum Gasteiger partial charge on any atom is 0.256 e. The molecule has 0 aliphatic heterocycles. The molecule has 1 atom stereocenters. The third-order valence-electron chi connectivity index (χ3n) is 4.36. The first-order chi connectivity index (χ1) is 13.3. The number of anilines is 1. The van der Waals surface area contributed by atoms with Gasteiger partial charge in [-0.1, -0.05) is 18.5 Å². The molecule has 0 saturated carbocycles. The highest BCUT2D eigenvalue weighted by atomic mass is 35.5. The van der Waals surface area contributed by atoms with Crippen LogP contribution in [0.4, 0.5) is 5.69 Å². The van der Waals surface area contributed by atoms with E-state index in [1.165, 1.54) is 0 Å². The van der Waals surface area contributed by atoms with Crippen molar-refractivity contribution in [1.82, 2.24) is 4.98 Å². The van der Waals surface area contributed by atoms with Gasteiger partial charge in [-0.15, -0.1) is 0 Å². The molecule has 0 radical (unpaired) electrons. The highest BCUT2D eigenvalue weighted by molar-refractivity contribution is 6.30. The lowest BCUT2D eigenvalue weighted by molar-refractivity contribution is 0.0997. The number of amides is 1. The Bertz CT molecular complexity index is 832. The number of nitrogens with zero attached hydrogens (tertiary/aromatic N) is 1. The standard InChI is InChI=1S/C21H28ClN3O3/c1-6-16(11-27-7-2)25-17-10-14(5)24-21(18(17)20(23)26)28-19-12(3)8-15(22)9-13(19)4/h8-10,16H,6-7,11H2,1-5H3,(H2,23,26)(H,24,25). The molecule has 2 rings (SSSR count). The van der Waals surface area contributed by atoms with E-state index in [0.717, 1.165) is 17.5 Å². The van der Waals surface area contributed by atoms with Crippen molar-refractivity contribution in [2.75, 3.05) is 18.5 Å². The summed E-state index contributed by atoms with van der Waals surface area (Å²) in [7, 11) is 0. The summed E-state index contributed by atoms with van der Waals surface area (Å²) in [5.41, 5.74) is 8.89. The van der Waals surface area contributed by atoms with Gasteiger partial charge >= 0.3 is 0 Å². The van der Waals surface area contributed by atoms with E-state index >= 15 is 0 Å². The molecule has 0 spiro atoms. The number of halogens is 1. The predicted molar refractivity (Wildman–Crippen MR) is 113 cm³/mol. The lowest BCUT2D eigenvalue weighted by atomic mass is 10.1. The van der Waals surface area contributed by atoms with Crippen LogP contribution in [0.5, 0.6) is 11.6 Å². The van der Waals surface area contributed by atoms with E-state index in [4.69, 9.17) is 26.8 Å². The van der Waals surface area contributed by atoms with Crippen molar-refractivity contribution in [2.24, 2.45) is 5.73 Å². The average Bonchev–Trinajstić information content (AvgIpc) is 2.60. The number of ether oxygens (including phenoxy) is 2. The van der Waals surface area contributed by atoms with Gasteiger partial charge in [-0.2, -0.15) is 0 Å². The normalized spacial score (nSPS) is 11.9. The minimum absolute atomic E-state index is 0.0340. The summed E-state index contributed by atoms with van der Waals surface area (Å²) in [6, 6.07) is 5.44. The minimum Gasteiger partial charge on any atom is -0.438 e. The van der Waals surface area contributed by atoms with Crippen LogP contribution in [0.2, 0.25) is 5.02 Å². The second kappa shape index (κ2) is 9.75. The van der Waals surface area contributed by atoms with E-state index < -0.39 is 5.91 Å². The topological polar surface area (TPSA) is 86.5 Å². The summed E-state index contributed by atoms with van der Waals surface area (Å²) < 4.78 is 11.6. The van der Waals surface area contributed by atoms with E-state index in [2.05, 4.69) is 10.3 Å². The Kier molecular flexibility index (Phi) is 7.66. The number of pyridine rings is 1. The fourth-order valence-corrected chi connectivity index (χ4v) is 3.29. The van der Waals surface area contributed by atoms with Crippen LogP contribution in [0.15, 0.2) is 18.2 Å². The Morgan fingerprint density at radius 1 is 1.21 bits per heavy atom. The van der Waals surface area contributed by atoms with Gasteiger partial charge in [0.2, 0.25) is 5.88 Å². The Morgan fingerprint density at radius 3 is 2.39 bits per heavy atom. The molecular formula is C21H28ClN3O3. The molecular weight excluding hydrogens is 378 g/mol. The SMILES string of the molecule is CCOCC(CC)Nc1cc(C)nc(Oc2c(C)cc(Cl)cc2C)c1C(N)=O. The zero-order chi connectivity index (χ0) is 20.8. The summed E-state index contributed by atoms with van der Waals surface area (Å²) >= 11 is 6.11. The van der Waals surface area contributed by atoms with Gasteiger partial charge in [0.15, 0.2) is 0 Å². The van der Waals surface area contributed by atoms with Gasteiger partial charge < -0.3 is 20.5 Å². The van der Waals surface area contributed by atoms with Crippen molar-refractivity contribution < 1.29 is 14.3 Å². The molecule has 0 aliphatic carbocycles. The molecule has 2 aromatic rings. The highest BCUT2D eigenvalue weighted by Gasteiger charge is 2.22. The Labute approximate surface area is 171 Å². The number of hydrogen-bond donors (Lipinski definition) is 2. The molecule has 1 aromatic carbocycles. The molecule has 0 saturated heterocycles. The molecule has 152 valence electrons. The summed E-state index contributed by atoms with van der Waals surface area (Å²) in [6.07, 6.45) is 0.825. The quantitative estimate of drug-likeness (QED) is 0.627. The molecule has 0 fully saturated rings. The second-order valence-electron chi connectivity index (χ2n) is 6.74. The van der Waals surface area contributed by atoms with Crippen LogP contribution >= 0.6 is 11.6 Å². The van der Waals surface area contributed by atoms with Crippen molar-refractivity contribution in [3.05, 3.63) is 45.6 Å². The van der Waals surface area contributed by atoms with Crippen LogP contribution in [0.1, 0.15) is 47.4 Å². The van der Waals surface area contributed by atoms with Gasteiger partial charge in [0.25, 0.3) is 5.91 Å². The molecule has 3 N–H and O–H groups in total. The van der Waals surface area contributed by atoms with Crippen molar-refractivity contribution >= 4 is 23.2 Å². The number of carbonyl (C=O) groups is 1. The molecule has 0 aliphatic rings. The van der Waals surface area contributed by atoms with E-state index in [0.29, 0.717) is 35.4 Å². The van der Waals surface area contributed by atoms with Gasteiger partial charge in [0.05, 0.1) is 12.3 Å². The molecule has 1 unspecified atom stereocenters. The number of rotatable bonds is 9. The Balaban J connectivity index is 2.48. The maximum absolute atomic E-state index is 12.3. The number of primary amides is 1. The van der Waals surface area contributed by atoms with Crippen LogP contribution in [0.3, 0.4) is 0 Å². The van der Waals surface area contributed by atoms with Crippen molar-refractivity contribution in [2.45, 2.75) is 47.1 Å². The first kappa shape index (κ1) is 22.0. The van der Waals surface area contributed by atoms with Gasteiger partial charge in [-0.05, 0) is 63.4 Å². The fourth-order valence-electron chi connectivity index (χ4n) is 2.97. The number of nitrogens with two attached hydrogens (primary N) is 1. The number of nitrogens with one attached hydrogen (secondary N) is 1. The summed E-state index contributed by atoms with van der Waals surface area (Å²) in [6.45, 7) is 10.8. The number of aromatic nitrogens is 1. The first-order valence-electron chi connectivity index (χ1n) is 9.37. The fraction of sp³-hybridized carbons (Fsp3) is 0.429. The highest BCUT2D eigenvalue weighted by Crippen LogP contribution is 2.34. The predicted octanol–water partition coefficient (Wildman–Crippen LogP) is 4.78. The van der Waals surface area contributed by atoms with Gasteiger partial charge in [-0.3, -0.25) is 4.79 Å². The molecule has 1 aromatic heterocycles. The maximum atomic E-state index is 12.3. The zero-order valence-corrected chi connectivity index (χ0v) is 17.8. The number of carbonyl (C=O) groups excluding carboxylic acids is 1. The summed E-state index contributed by atoms with van der Waals surface area (Å²) in [5.74, 6) is 0.174. The molecule has 7 heteroatoms. The molecule has 28 heavy (non-hydrogen) atoms. The van der Waals surface area contributed by atoms with E-state index in [1.54, 1.807) is 18.2 Å². The van der Waals surface area contributed by atoms with E-state index in [9.17, 15) is 4.79 Å². The summed E-state index contributed by atoms with van der Waals surface area (Å²) in [4.78, 5) is 16.7. The van der Waals surface area contributed by atoms with Gasteiger partial charge in [0, 0.05) is 23.4 Å². The Hall–Kier alpha value is -2.31. The van der Waals surface area contributed by atoms with Crippen LogP contribution in [0.25, 0.3) is 0 Å². The average molecular weight is 406 g/mol. The third-order valence-corrected chi connectivity index (χ3v) is 4.58. The van der Waals surface area contributed by atoms with Crippen LogP contribution in [-0.2, 0) is 4.74 Å².